The third-order valence-electron chi connectivity index (χ3n) is 2.91. The van der Waals surface area contributed by atoms with Crippen LogP contribution < -0.4 is 0 Å². The molecule has 0 radical (unpaired) electrons. The standard InChI is InChI=1S/C14H14N2S/c1-11-4-5-14-12(7-11)8-16(10-15-14)9-13-3-2-6-17-13/h2-7,10H,8-9H2,1H3. The van der Waals surface area contributed by atoms with Gasteiger partial charge < -0.3 is 4.90 Å². The van der Waals surface area contributed by atoms with E-state index >= 15 is 0 Å². The average molecular weight is 242 g/mol. The van der Waals surface area contributed by atoms with Gasteiger partial charge in [-0.2, -0.15) is 0 Å². The molecule has 0 saturated heterocycles. The van der Waals surface area contributed by atoms with E-state index in [-0.39, 0.29) is 0 Å². The van der Waals surface area contributed by atoms with Gasteiger partial charge in [-0.15, -0.1) is 11.3 Å². The minimum atomic E-state index is 0.953. The first-order valence-electron chi connectivity index (χ1n) is 5.71. The van der Waals surface area contributed by atoms with E-state index in [0.29, 0.717) is 0 Å². The van der Waals surface area contributed by atoms with Gasteiger partial charge in [0.1, 0.15) is 0 Å². The largest absolute Gasteiger partial charge is 0.353 e. The van der Waals surface area contributed by atoms with Crippen molar-refractivity contribution in [3.8, 4) is 0 Å². The molecule has 1 aliphatic rings. The second-order valence-corrected chi connectivity index (χ2v) is 5.39. The molecular weight excluding hydrogens is 228 g/mol. The van der Waals surface area contributed by atoms with Crippen LogP contribution in [0, 0.1) is 6.92 Å². The summed E-state index contributed by atoms with van der Waals surface area (Å²) in [6.45, 7) is 4.04. The lowest BCUT2D eigenvalue weighted by atomic mass is 10.1. The Kier molecular flexibility index (Phi) is 2.69. The lowest BCUT2D eigenvalue weighted by Gasteiger charge is -2.24. The predicted octanol–water partition coefficient (Wildman–Crippen LogP) is 3.73. The monoisotopic (exact) mass is 242 g/mol. The zero-order valence-electron chi connectivity index (χ0n) is 9.76. The Morgan fingerprint density at radius 1 is 1.35 bits per heavy atom. The summed E-state index contributed by atoms with van der Waals surface area (Å²) < 4.78 is 0. The van der Waals surface area contributed by atoms with E-state index < -0.39 is 0 Å². The molecule has 0 N–H and O–H groups in total. The molecule has 3 rings (SSSR count). The van der Waals surface area contributed by atoms with E-state index in [0.717, 1.165) is 18.8 Å². The fourth-order valence-electron chi connectivity index (χ4n) is 2.07. The van der Waals surface area contributed by atoms with E-state index in [1.54, 1.807) is 11.3 Å². The first kappa shape index (κ1) is 10.5. The Hall–Kier alpha value is -1.61. The molecule has 0 saturated carbocycles. The van der Waals surface area contributed by atoms with Crippen molar-refractivity contribution in [2.75, 3.05) is 0 Å². The van der Waals surface area contributed by atoms with Crippen LogP contribution in [0.25, 0.3) is 0 Å². The van der Waals surface area contributed by atoms with Gasteiger partial charge in [-0.05, 0) is 30.0 Å². The first-order chi connectivity index (χ1) is 8.31. The summed E-state index contributed by atoms with van der Waals surface area (Å²) in [7, 11) is 0. The minimum absolute atomic E-state index is 0.953. The van der Waals surface area contributed by atoms with Crippen LogP contribution in [-0.2, 0) is 13.1 Å². The number of benzene rings is 1. The molecule has 1 aromatic heterocycles. The zero-order valence-corrected chi connectivity index (χ0v) is 10.6. The molecule has 86 valence electrons. The number of aryl methyl sites for hydroxylation is 1. The number of rotatable bonds is 2. The highest BCUT2D eigenvalue weighted by atomic mass is 32.1. The summed E-state index contributed by atoms with van der Waals surface area (Å²) in [5.41, 5.74) is 3.74. The van der Waals surface area contributed by atoms with Crippen molar-refractivity contribution in [2.45, 2.75) is 20.0 Å². The number of hydrogen-bond donors (Lipinski definition) is 0. The first-order valence-corrected chi connectivity index (χ1v) is 6.59. The number of nitrogens with zero attached hydrogens (tertiary/aromatic N) is 2. The molecular formula is C14H14N2S. The van der Waals surface area contributed by atoms with E-state index in [9.17, 15) is 0 Å². The Labute approximate surface area is 105 Å². The third-order valence-corrected chi connectivity index (χ3v) is 3.77. The number of aliphatic imine (C=N–C) groups is 1. The smallest absolute Gasteiger partial charge is 0.0918 e. The Morgan fingerprint density at radius 2 is 2.29 bits per heavy atom. The van der Waals surface area contributed by atoms with Gasteiger partial charge in [0.25, 0.3) is 0 Å². The average Bonchev–Trinajstić information content (AvgIpc) is 2.81. The lowest BCUT2D eigenvalue weighted by molar-refractivity contribution is 0.418. The van der Waals surface area contributed by atoms with Gasteiger partial charge >= 0.3 is 0 Å². The zero-order chi connectivity index (χ0) is 11.7. The Balaban J connectivity index is 1.80. The quantitative estimate of drug-likeness (QED) is 0.783. The van der Waals surface area contributed by atoms with Crippen LogP contribution >= 0.6 is 11.3 Å². The highest BCUT2D eigenvalue weighted by Gasteiger charge is 2.12. The second kappa shape index (κ2) is 4.34. The summed E-state index contributed by atoms with van der Waals surface area (Å²) in [5, 5.41) is 2.12. The number of fused-ring (bicyclic) bond motifs is 1. The molecule has 0 fully saturated rings. The fourth-order valence-corrected chi connectivity index (χ4v) is 2.80. The van der Waals surface area contributed by atoms with Crippen molar-refractivity contribution in [3.63, 3.8) is 0 Å². The van der Waals surface area contributed by atoms with Gasteiger partial charge in [0.15, 0.2) is 0 Å². The Morgan fingerprint density at radius 3 is 3.12 bits per heavy atom. The molecule has 2 nitrogen and oxygen atoms in total. The molecule has 2 aromatic rings. The molecule has 1 aliphatic heterocycles. The molecule has 0 spiro atoms. The van der Waals surface area contributed by atoms with Gasteiger partial charge in [-0.25, -0.2) is 4.99 Å². The van der Waals surface area contributed by atoms with Crippen LogP contribution in [0.1, 0.15) is 16.0 Å². The van der Waals surface area contributed by atoms with Gasteiger partial charge in [-0.1, -0.05) is 23.8 Å². The summed E-state index contributed by atoms with van der Waals surface area (Å²) in [5.74, 6) is 0. The Bertz CT molecular complexity index is 543. The van der Waals surface area contributed by atoms with Crippen molar-refractivity contribution in [3.05, 3.63) is 51.7 Å². The van der Waals surface area contributed by atoms with Crippen LogP contribution in [-0.4, -0.2) is 11.2 Å². The molecule has 0 atom stereocenters. The predicted molar refractivity (Wildman–Crippen MR) is 72.9 cm³/mol. The topological polar surface area (TPSA) is 15.6 Å². The summed E-state index contributed by atoms with van der Waals surface area (Å²) in [6, 6.07) is 10.7. The van der Waals surface area contributed by atoms with Gasteiger partial charge in [-0.3, -0.25) is 0 Å². The summed E-state index contributed by atoms with van der Waals surface area (Å²) in [4.78, 5) is 8.14. The van der Waals surface area contributed by atoms with Crippen LogP contribution in [0.4, 0.5) is 5.69 Å². The molecule has 0 amide bonds. The van der Waals surface area contributed by atoms with Crippen LogP contribution in [0.3, 0.4) is 0 Å². The number of hydrogen-bond acceptors (Lipinski definition) is 3. The minimum Gasteiger partial charge on any atom is -0.353 e. The molecule has 1 aromatic carbocycles. The van der Waals surface area contributed by atoms with Crippen LogP contribution in [0.2, 0.25) is 0 Å². The van der Waals surface area contributed by atoms with Gasteiger partial charge in [0.05, 0.1) is 18.6 Å². The van der Waals surface area contributed by atoms with E-state index in [4.69, 9.17) is 0 Å². The maximum atomic E-state index is 4.50. The molecule has 3 heteroatoms. The third kappa shape index (κ3) is 2.24. The van der Waals surface area contributed by atoms with Crippen molar-refractivity contribution in [2.24, 2.45) is 4.99 Å². The van der Waals surface area contributed by atoms with Crippen molar-refractivity contribution >= 4 is 23.4 Å². The van der Waals surface area contributed by atoms with Crippen LogP contribution in [0.15, 0.2) is 40.7 Å². The SMILES string of the molecule is Cc1ccc2c(c1)CN(Cc1cccs1)C=N2. The molecule has 2 heterocycles. The highest BCUT2D eigenvalue weighted by Crippen LogP contribution is 2.26. The fraction of sp³-hybridized carbons (Fsp3) is 0.214. The number of thiophene rings is 1. The van der Waals surface area contributed by atoms with Crippen LogP contribution in [0.5, 0.6) is 0 Å². The molecule has 0 bridgehead atoms. The molecule has 17 heavy (non-hydrogen) atoms. The summed E-state index contributed by atoms with van der Waals surface area (Å²) >= 11 is 1.80. The lowest BCUT2D eigenvalue weighted by Crippen LogP contribution is -2.22. The second-order valence-electron chi connectivity index (χ2n) is 4.36. The highest BCUT2D eigenvalue weighted by molar-refractivity contribution is 7.09. The van der Waals surface area contributed by atoms with E-state index in [2.05, 4.69) is 52.5 Å². The normalized spacial score (nSPS) is 13.8. The van der Waals surface area contributed by atoms with Crippen molar-refractivity contribution in [1.29, 1.82) is 0 Å². The van der Waals surface area contributed by atoms with Gasteiger partial charge in [0, 0.05) is 11.4 Å². The summed E-state index contributed by atoms with van der Waals surface area (Å²) in [6.07, 6.45) is 1.96. The molecule has 0 aliphatic carbocycles. The van der Waals surface area contributed by atoms with E-state index in [1.807, 2.05) is 6.34 Å². The maximum Gasteiger partial charge on any atom is 0.0918 e. The van der Waals surface area contributed by atoms with Crippen molar-refractivity contribution < 1.29 is 0 Å². The van der Waals surface area contributed by atoms with Gasteiger partial charge in [0.2, 0.25) is 0 Å². The maximum absolute atomic E-state index is 4.50. The molecule has 0 unspecified atom stereocenters. The van der Waals surface area contributed by atoms with E-state index in [1.165, 1.54) is 16.0 Å². The van der Waals surface area contributed by atoms with Crippen molar-refractivity contribution in [1.82, 2.24) is 4.90 Å².